The molecule has 0 spiro atoms. The molecule has 4 nitrogen and oxygen atoms in total. The average molecular weight is 246 g/mol. The Hall–Kier alpha value is -1.81. The Morgan fingerprint density at radius 3 is 3.00 bits per heavy atom. The number of aliphatic hydroxyl groups excluding tert-OH is 1. The van der Waals surface area contributed by atoms with Gasteiger partial charge in [-0.2, -0.15) is 0 Å². The molecule has 2 aromatic rings. The minimum atomic E-state index is -0.556. The summed E-state index contributed by atoms with van der Waals surface area (Å²) in [6, 6.07) is 7.50. The second-order valence-corrected chi connectivity index (χ2v) is 4.14. The predicted octanol–water partition coefficient (Wildman–Crippen LogP) is 2.19. The number of rotatable bonds is 5. The van der Waals surface area contributed by atoms with Gasteiger partial charge in [0.1, 0.15) is 11.6 Å². The van der Waals surface area contributed by atoms with E-state index in [1.165, 1.54) is 0 Å². The van der Waals surface area contributed by atoms with Crippen molar-refractivity contribution in [2.24, 2.45) is 0 Å². The zero-order chi connectivity index (χ0) is 13.0. The second kappa shape index (κ2) is 5.69. The molecule has 2 rings (SSSR count). The Bertz CT molecular complexity index is 508. The van der Waals surface area contributed by atoms with Crippen molar-refractivity contribution in [3.8, 4) is 5.75 Å². The molecule has 0 saturated carbocycles. The number of hydrogen-bond donors (Lipinski definition) is 1. The number of imidazole rings is 1. The molecule has 1 N–H and O–H groups in total. The van der Waals surface area contributed by atoms with Crippen LogP contribution in [0.4, 0.5) is 0 Å². The Morgan fingerprint density at radius 2 is 2.28 bits per heavy atom. The summed E-state index contributed by atoms with van der Waals surface area (Å²) in [6.07, 6.45) is 3.96. The number of methoxy groups -OCH3 is 1. The van der Waals surface area contributed by atoms with Crippen LogP contribution in [-0.4, -0.2) is 21.8 Å². The quantitative estimate of drug-likeness (QED) is 0.879. The fraction of sp³-hybridized carbons (Fsp3) is 0.357. The predicted molar refractivity (Wildman–Crippen MR) is 69.6 cm³/mol. The van der Waals surface area contributed by atoms with Gasteiger partial charge in [0.15, 0.2) is 0 Å². The molecule has 1 unspecified atom stereocenters. The molecular weight excluding hydrogens is 228 g/mol. The van der Waals surface area contributed by atoms with E-state index in [2.05, 4.69) is 11.9 Å². The van der Waals surface area contributed by atoms with E-state index in [0.29, 0.717) is 6.54 Å². The highest BCUT2D eigenvalue weighted by Gasteiger charge is 2.11. The molecule has 0 saturated heterocycles. The summed E-state index contributed by atoms with van der Waals surface area (Å²) in [5.74, 6) is 1.74. The van der Waals surface area contributed by atoms with E-state index in [9.17, 15) is 5.11 Å². The zero-order valence-corrected chi connectivity index (χ0v) is 10.7. The highest BCUT2D eigenvalue weighted by atomic mass is 16.5. The smallest absolute Gasteiger partial charge is 0.119 e. The van der Waals surface area contributed by atoms with Crippen LogP contribution < -0.4 is 4.74 Å². The van der Waals surface area contributed by atoms with Crippen molar-refractivity contribution >= 4 is 0 Å². The lowest BCUT2D eigenvalue weighted by atomic mass is 10.1. The van der Waals surface area contributed by atoms with E-state index in [0.717, 1.165) is 23.6 Å². The molecule has 1 heterocycles. The Kier molecular flexibility index (Phi) is 3.99. The van der Waals surface area contributed by atoms with Gasteiger partial charge >= 0.3 is 0 Å². The van der Waals surface area contributed by atoms with Crippen molar-refractivity contribution in [3.63, 3.8) is 0 Å². The lowest BCUT2D eigenvalue weighted by Crippen LogP contribution is -2.10. The Balaban J connectivity index is 2.13. The molecule has 96 valence electrons. The first-order valence-electron chi connectivity index (χ1n) is 6.06. The van der Waals surface area contributed by atoms with Crippen molar-refractivity contribution in [1.82, 2.24) is 9.55 Å². The maximum atomic E-state index is 10.2. The first kappa shape index (κ1) is 12.6. The fourth-order valence-corrected chi connectivity index (χ4v) is 1.96. The number of hydrogen-bond acceptors (Lipinski definition) is 3. The average Bonchev–Trinajstić information content (AvgIpc) is 2.86. The molecule has 4 heteroatoms. The summed E-state index contributed by atoms with van der Waals surface area (Å²) in [6.45, 7) is 2.56. The Morgan fingerprint density at radius 1 is 1.44 bits per heavy atom. The number of benzene rings is 1. The first-order valence-corrected chi connectivity index (χ1v) is 6.06. The lowest BCUT2D eigenvalue weighted by Gasteiger charge is -2.14. The molecule has 0 amide bonds. The summed E-state index contributed by atoms with van der Waals surface area (Å²) >= 11 is 0. The minimum absolute atomic E-state index is 0.510. The van der Waals surface area contributed by atoms with E-state index >= 15 is 0 Å². The maximum absolute atomic E-state index is 10.2. The van der Waals surface area contributed by atoms with Gasteiger partial charge in [0.05, 0.1) is 19.8 Å². The Labute approximate surface area is 107 Å². The van der Waals surface area contributed by atoms with E-state index < -0.39 is 6.10 Å². The van der Waals surface area contributed by atoms with Crippen LogP contribution in [0.5, 0.6) is 5.75 Å². The van der Waals surface area contributed by atoms with Crippen molar-refractivity contribution in [3.05, 3.63) is 48.0 Å². The normalized spacial score (nSPS) is 12.4. The molecule has 1 atom stereocenters. The maximum Gasteiger partial charge on any atom is 0.119 e. The lowest BCUT2D eigenvalue weighted by molar-refractivity contribution is 0.155. The van der Waals surface area contributed by atoms with Crippen LogP contribution in [0.1, 0.15) is 24.4 Å². The number of ether oxygens (including phenoxy) is 1. The van der Waals surface area contributed by atoms with Crippen molar-refractivity contribution < 1.29 is 9.84 Å². The number of aliphatic hydroxyl groups is 1. The SMILES string of the molecule is CCc1nccn1CC(O)c1cccc(OC)c1. The second-order valence-electron chi connectivity index (χ2n) is 4.14. The third-order valence-corrected chi connectivity index (χ3v) is 2.97. The molecule has 18 heavy (non-hydrogen) atoms. The molecule has 0 radical (unpaired) electrons. The third-order valence-electron chi connectivity index (χ3n) is 2.97. The molecule has 0 fully saturated rings. The number of nitrogens with zero attached hydrogens (tertiary/aromatic N) is 2. The van der Waals surface area contributed by atoms with Crippen LogP contribution >= 0.6 is 0 Å². The molecule has 1 aromatic carbocycles. The van der Waals surface area contributed by atoms with Gasteiger partial charge in [-0.3, -0.25) is 0 Å². The van der Waals surface area contributed by atoms with Crippen molar-refractivity contribution in [2.75, 3.05) is 7.11 Å². The standard InChI is InChI=1S/C14H18N2O2/c1-3-14-15-7-8-16(14)10-13(17)11-5-4-6-12(9-11)18-2/h4-9,13,17H,3,10H2,1-2H3. The van der Waals surface area contributed by atoms with Crippen LogP contribution in [-0.2, 0) is 13.0 Å². The molecular formula is C14H18N2O2. The number of aryl methyl sites for hydroxylation is 1. The van der Waals surface area contributed by atoms with Gasteiger partial charge in [0.25, 0.3) is 0 Å². The van der Waals surface area contributed by atoms with Gasteiger partial charge in [0.2, 0.25) is 0 Å². The highest BCUT2D eigenvalue weighted by molar-refractivity contribution is 5.29. The van der Waals surface area contributed by atoms with Crippen LogP contribution in [0.25, 0.3) is 0 Å². The summed E-state index contributed by atoms with van der Waals surface area (Å²) in [4.78, 5) is 4.24. The monoisotopic (exact) mass is 246 g/mol. The van der Waals surface area contributed by atoms with Gasteiger partial charge in [-0.25, -0.2) is 4.98 Å². The van der Waals surface area contributed by atoms with Gasteiger partial charge in [0, 0.05) is 18.8 Å². The van der Waals surface area contributed by atoms with Crippen molar-refractivity contribution in [2.45, 2.75) is 26.0 Å². The first-order chi connectivity index (χ1) is 8.74. The molecule has 0 aliphatic rings. The van der Waals surface area contributed by atoms with Crippen LogP contribution in [0.3, 0.4) is 0 Å². The van der Waals surface area contributed by atoms with Crippen LogP contribution in [0.2, 0.25) is 0 Å². The van der Waals surface area contributed by atoms with E-state index in [4.69, 9.17) is 4.74 Å². The summed E-state index contributed by atoms with van der Waals surface area (Å²) in [5.41, 5.74) is 0.852. The zero-order valence-electron chi connectivity index (χ0n) is 10.7. The minimum Gasteiger partial charge on any atom is -0.497 e. The van der Waals surface area contributed by atoms with Crippen molar-refractivity contribution in [1.29, 1.82) is 0 Å². The van der Waals surface area contributed by atoms with E-state index in [1.807, 2.05) is 35.0 Å². The molecule has 0 aliphatic carbocycles. The van der Waals surface area contributed by atoms with Crippen LogP contribution in [0, 0.1) is 0 Å². The van der Waals surface area contributed by atoms with Gasteiger partial charge in [-0.05, 0) is 17.7 Å². The molecule has 0 aliphatic heterocycles. The van der Waals surface area contributed by atoms with Gasteiger partial charge in [-0.1, -0.05) is 19.1 Å². The largest absolute Gasteiger partial charge is 0.497 e. The third kappa shape index (κ3) is 2.71. The summed E-state index contributed by atoms with van der Waals surface area (Å²) in [5, 5.41) is 10.2. The van der Waals surface area contributed by atoms with E-state index in [-0.39, 0.29) is 0 Å². The van der Waals surface area contributed by atoms with Gasteiger partial charge < -0.3 is 14.4 Å². The summed E-state index contributed by atoms with van der Waals surface area (Å²) in [7, 11) is 1.62. The number of aromatic nitrogens is 2. The van der Waals surface area contributed by atoms with E-state index in [1.54, 1.807) is 13.3 Å². The molecule has 0 bridgehead atoms. The van der Waals surface area contributed by atoms with Crippen LogP contribution in [0.15, 0.2) is 36.7 Å². The fourth-order valence-electron chi connectivity index (χ4n) is 1.96. The van der Waals surface area contributed by atoms with Gasteiger partial charge in [-0.15, -0.1) is 0 Å². The molecule has 1 aromatic heterocycles. The topological polar surface area (TPSA) is 47.3 Å². The summed E-state index contributed by atoms with van der Waals surface area (Å²) < 4.78 is 7.13. The highest BCUT2D eigenvalue weighted by Crippen LogP contribution is 2.20.